The summed E-state index contributed by atoms with van der Waals surface area (Å²) in [7, 11) is 0. The van der Waals surface area contributed by atoms with Crippen molar-refractivity contribution in [3.63, 3.8) is 0 Å². The standard InChI is InChI=1S/C21H30N4O2/c1-17-12-27-15-21(14-26,25(17)10-18-5-3-2-4-6-18)13-22-9-19-11-24(16-23-19)20-7-8-20/h2-6,11,16-17,20,22,26H,7-10,12-15H2,1H3/t17-,21+/m1/s1. The quantitative estimate of drug-likeness (QED) is 0.744. The second-order valence-electron chi connectivity index (χ2n) is 8.01. The van der Waals surface area contributed by atoms with Crippen LogP contribution in [0.15, 0.2) is 42.9 Å². The number of hydrogen-bond acceptors (Lipinski definition) is 5. The summed E-state index contributed by atoms with van der Waals surface area (Å²) in [5.74, 6) is 0. The second-order valence-corrected chi connectivity index (χ2v) is 8.01. The number of aliphatic hydroxyl groups excluding tert-OH is 1. The van der Waals surface area contributed by atoms with E-state index in [0.717, 1.165) is 12.2 Å². The minimum Gasteiger partial charge on any atom is -0.394 e. The summed E-state index contributed by atoms with van der Waals surface area (Å²) >= 11 is 0. The van der Waals surface area contributed by atoms with E-state index in [2.05, 4.69) is 57.2 Å². The number of aliphatic hydroxyl groups is 1. The van der Waals surface area contributed by atoms with E-state index in [1.54, 1.807) is 0 Å². The van der Waals surface area contributed by atoms with Crippen molar-refractivity contribution in [1.82, 2.24) is 19.8 Å². The van der Waals surface area contributed by atoms with Crippen LogP contribution >= 0.6 is 0 Å². The molecule has 0 amide bonds. The van der Waals surface area contributed by atoms with E-state index in [1.165, 1.54) is 18.4 Å². The van der Waals surface area contributed by atoms with E-state index in [-0.39, 0.29) is 12.6 Å². The van der Waals surface area contributed by atoms with Gasteiger partial charge in [-0.3, -0.25) is 4.90 Å². The van der Waals surface area contributed by atoms with Crippen LogP contribution in [0.5, 0.6) is 0 Å². The summed E-state index contributed by atoms with van der Waals surface area (Å²) in [5.41, 5.74) is 1.88. The Morgan fingerprint density at radius 2 is 2.11 bits per heavy atom. The van der Waals surface area contributed by atoms with Gasteiger partial charge in [0.05, 0.1) is 37.4 Å². The maximum Gasteiger partial charge on any atom is 0.0952 e. The molecule has 1 saturated heterocycles. The van der Waals surface area contributed by atoms with Gasteiger partial charge in [0.1, 0.15) is 0 Å². The van der Waals surface area contributed by atoms with Gasteiger partial charge in [-0.05, 0) is 25.3 Å². The van der Waals surface area contributed by atoms with Crippen molar-refractivity contribution in [2.24, 2.45) is 0 Å². The fourth-order valence-electron chi connectivity index (χ4n) is 3.97. The Bertz CT molecular complexity index is 731. The van der Waals surface area contributed by atoms with E-state index in [9.17, 15) is 5.11 Å². The lowest BCUT2D eigenvalue weighted by Crippen LogP contribution is -2.66. The largest absolute Gasteiger partial charge is 0.394 e. The maximum absolute atomic E-state index is 10.3. The Hall–Kier alpha value is -1.73. The van der Waals surface area contributed by atoms with E-state index < -0.39 is 5.54 Å². The van der Waals surface area contributed by atoms with Crippen LogP contribution in [0.2, 0.25) is 0 Å². The highest BCUT2D eigenvalue weighted by Gasteiger charge is 2.42. The summed E-state index contributed by atoms with van der Waals surface area (Å²) < 4.78 is 8.06. The van der Waals surface area contributed by atoms with Gasteiger partial charge in [0.2, 0.25) is 0 Å². The van der Waals surface area contributed by atoms with Crippen LogP contribution in [-0.4, -0.2) is 57.5 Å². The third-order valence-electron chi connectivity index (χ3n) is 5.74. The minimum atomic E-state index is -0.424. The number of aromatic nitrogens is 2. The van der Waals surface area contributed by atoms with Crippen molar-refractivity contribution in [3.05, 3.63) is 54.1 Å². The molecule has 27 heavy (non-hydrogen) atoms. The van der Waals surface area contributed by atoms with Crippen molar-refractivity contribution in [2.45, 2.75) is 50.5 Å². The Morgan fingerprint density at radius 3 is 2.85 bits per heavy atom. The Balaban J connectivity index is 1.42. The highest BCUT2D eigenvalue weighted by Crippen LogP contribution is 2.34. The van der Waals surface area contributed by atoms with Crippen molar-refractivity contribution < 1.29 is 9.84 Å². The third-order valence-corrected chi connectivity index (χ3v) is 5.74. The average Bonchev–Trinajstić information content (AvgIpc) is 3.44. The van der Waals surface area contributed by atoms with E-state index in [0.29, 0.717) is 32.3 Å². The van der Waals surface area contributed by atoms with Gasteiger partial charge in [0, 0.05) is 37.9 Å². The Morgan fingerprint density at radius 1 is 1.30 bits per heavy atom. The van der Waals surface area contributed by atoms with Gasteiger partial charge in [-0.1, -0.05) is 30.3 Å². The van der Waals surface area contributed by atoms with Gasteiger partial charge in [-0.15, -0.1) is 0 Å². The molecule has 2 N–H and O–H groups in total. The SMILES string of the molecule is C[C@@H]1COC[C@@](CO)(CNCc2cn(C3CC3)cn2)N1Cc1ccccc1. The second kappa shape index (κ2) is 8.10. The summed E-state index contributed by atoms with van der Waals surface area (Å²) in [6, 6.07) is 11.4. The lowest BCUT2D eigenvalue weighted by molar-refractivity contribution is -0.122. The first kappa shape index (κ1) is 18.6. The molecule has 1 aromatic heterocycles. The smallest absolute Gasteiger partial charge is 0.0952 e. The Labute approximate surface area is 161 Å². The molecule has 4 rings (SSSR count). The van der Waals surface area contributed by atoms with E-state index >= 15 is 0 Å². The van der Waals surface area contributed by atoms with Crippen LogP contribution in [0.25, 0.3) is 0 Å². The number of nitrogens with zero attached hydrogens (tertiary/aromatic N) is 3. The van der Waals surface area contributed by atoms with Crippen LogP contribution in [0.4, 0.5) is 0 Å². The molecule has 2 heterocycles. The average molecular weight is 370 g/mol. The molecule has 6 heteroatoms. The minimum absolute atomic E-state index is 0.0632. The first-order chi connectivity index (χ1) is 13.2. The van der Waals surface area contributed by atoms with Gasteiger partial charge in [0.25, 0.3) is 0 Å². The molecule has 6 nitrogen and oxygen atoms in total. The molecule has 0 bridgehead atoms. The highest BCUT2D eigenvalue weighted by molar-refractivity contribution is 5.16. The number of rotatable bonds is 8. The molecule has 146 valence electrons. The molecule has 2 atom stereocenters. The molecule has 0 spiro atoms. The number of ether oxygens (including phenoxy) is 1. The fourth-order valence-corrected chi connectivity index (χ4v) is 3.97. The van der Waals surface area contributed by atoms with Gasteiger partial charge in [-0.2, -0.15) is 0 Å². The number of benzene rings is 1. The summed E-state index contributed by atoms with van der Waals surface area (Å²) in [6.07, 6.45) is 6.60. The number of imidazole rings is 1. The normalized spacial score (nSPS) is 26.4. The first-order valence-electron chi connectivity index (χ1n) is 9.92. The molecule has 2 aromatic rings. The zero-order valence-corrected chi connectivity index (χ0v) is 16.1. The molecule has 0 unspecified atom stereocenters. The van der Waals surface area contributed by atoms with Crippen LogP contribution < -0.4 is 5.32 Å². The van der Waals surface area contributed by atoms with Crippen molar-refractivity contribution in [2.75, 3.05) is 26.4 Å². The van der Waals surface area contributed by atoms with Gasteiger partial charge >= 0.3 is 0 Å². The van der Waals surface area contributed by atoms with Crippen molar-refractivity contribution in [1.29, 1.82) is 0 Å². The summed E-state index contributed by atoms with van der Waals surface area (Å²) in [4.78, 5) is 6.89. The zero-order chi connectivity index (χ0) is 18.7. The Kier molecular flexibility index (Phi) is 5.59. The summed E-state index contributed by atoms with van der Waals surface area (Å²) in [6.45, 7) is 5.64. The van der Waals surface area contributed by atoms with E-state index in [4.69, 9.17) is 4.74 Å². The fraction of sp³-hybridized carbons (Fsp3) is 0.571. The van der Waals surface area contributed by atoms with Gasteiger partial charge < -0.3 is 19.7 Å². The molecule has 1 aliphatic heterocycles. The van der Waals surface area contributed by atoms with Crippen molar-refractivity contribution >= 4 is 0 Å². The number of morpholine rings is 1. The molecular formula is C21H30N4O2. The van der Waals surface area contributed by atoms with Gasteiger partial charge in [0.15, 0.2) is 0 Å². The molecule has 1 saturated carbocycles. The lowest BCUT2D eigenvalue weighted by Gasteiger charge is -2.49. The molecular weight excluding hydrogens is 340 g/mol. The number of nitrogens with one attached hydrogen (secondary N) is 1. The van der Waals surface area contributed by atoms with Crippen LogP contribution in [-0.2, 0) is 17.8 Å². The lowest BCUT2D eigenvalue weighted by atomic mass is 9.94. The summed E-state index contributed by atoms with van der Waals surface area (Å²) in [5, 5.41) is 13.8. The van der Waals surface area contributed by atoms with Crippen LogP contribution in [0, 0.1) is 0 Å². The molecule has 0 radical (unpaired) electrons. The monoisotopic (exact) mass is 370 g/mol. The highest BCUT2D eigenvalue weighted by atomic mass is 16.5. The number of hydrogen-bond donors (Lipinski definition) is 2. The zero-order valence-electron chi connectivity index (χ0n) is 16.1. The van der Waals surface area contributed by atoms with E-state index in [1.807, 2.05) is 12.4 Å². The predicted molar refractivity (Wildman–Crippen MR) is 104 cm³/mol. The van der Waals surface area contributed by atoms with Crippen molar-refractivity contribution in [3.8, 4) is 0 Å². The molecule has 2 aliphatic rings. The molecule has 1 aromatic carbocycles. The molecule has 1 aliphatic carbocycles. The molecule has 2 fully saturated rings. The van der Waals surface area contributed by atoms with Crippen LogP contribution in [0.1, 0.15) is 37.1 Å². The van der Waals surface area contributed by atoms with Gasteiger partial charge in [-0.25, -0.2) is 4.98 Å². The first-order valence-corrected chi connectivity index (χ1v) is 9.92. The predicted octanol–water partition coefficient (Wildman–Crippen LogP) is 1.96. The maximum atomic E-state index is 10.3. The van der Waals surface area contributed by atoms with Crippen LogP contribution in [0.3, 0.4) is 0 Å². The topological polar surface area (TPSA) is 62.6 Å². The third kappa shape index (κ3) is 4.24.